The lowest BCUT2D eigenvalue weighted by Gasteiger charge is -2.33. The van der Waals surface area contributed by atoms with E-state index in [1.54, 1.807) is 13.0 Å². The molecular weight excluding hydrogens is 288 g/mol. The van der Waals surface area contributed by atoms with E-state index in [0.717, 1.165) is 5.57 Å². The molecule has 7 heteroatoms. The molecule has 0 aromatic carbocycles. The van der Waals surface area contributed by atoms with Crippen molar-refractivity contribution in [2.24, 2.45) is 16.6 Å². The van der Waals surface area contributed by atoms with Crippen LogP contribution in [0.4, 0.5) is 17.6 Å². The summed E-state index contributed by atoms with van der Waals surface area (Å²) in [5.74, 6) is -1.16. The first-order chi connectivity index (χ1) is 9.77. The van der Waals surface area contributed by atoms with Crippen molar-refractivity contribution in [2.75, 3.05) is 0 Å². The molecule has 21 heavy (non-hydrogen) atoms. The second-order valence-corrected chi connectivity index (χ2v) is 4.79. The van der Waals surface area contributed by atoms with Gasteiger partial charge in [-0.25, -0.2) is 9.38 Å². The third-order valence-electron chi connectivity index (χ3n) is 3.26. The van der Waals surface area contributed by atoms with Gasteiger partial charge in [0.1, 0.15) is 5.83 Å². The molecule has 2 rings (SSSR count). The van der Waals surface area contributed by atoms with Crippen LogP contribution in [-0.2, 0) is 4.74 Å². The number of halogens is 4. The highest BCUT2D eigenvalue weighted by Gasteiger charge is 2.47. The number of hydrogen-bond donors (Lipinski definition) is 1. The van der Waals surface area contributed by atoms with Crippen molar-refractivity contribution in [3.05, 3.63) is 23.6 Å². The summed E-state index contributed by atoms with van der Waals surface area (Å²) < 4.78 is 56.2. The molecule has 2 aliphatic rings. The third kappa shape index (κ3) is 4.47. The Morgan fingerprint density at radius 1 is 1.29 bits per heavy atom. The quantitative estimate of drug-likeness (QED) is 0.748. The van der Waals surface area contributed by atoms with Crippen molar-refractivity contribution in [2.45, 2.75) is 51.9 Å². The zero-order chi connectivity index (χ0) is 16.2. The minimum absolute atomic E-state index is 0.342. The van der Waals surface area contributed by atoms with Gasteiger partial charge in [0.15, 0.2) is 6.10 Å². The van der Waals surface area contributed by atoms with E-state index in [1.807, 2.05) is 13.8 Å². The fraction of sp³-hybridized carbons (Fsp3) is 0.643. The molecule has 120 valence electrons. The van der Waals surface area contributed by atoms with Gasteiger partial charge in [0.25, 0.3) is 6.02 Å². The molecule has 0 saturated heterocycles. The maximum Gasteiger partial charge on any atom is 0.425 e. The third-order valence-corrected chi connectivity index (χ3v) is 3.26. The largest absolute Gasteiger partial charge is 0.452 e. The molecule has 2 N–H and O–H groups in total. The fourth-order valence-corrected chi connectivity index (χ4v) is 2.29. The summed E-state index contributed by atoms with van der Waals surface area (Å²) in [7, 11) is 0. The average Bonchev–Trinajstić information content (AvgIpc) is 2.42. The first kappa shape index (κ1) is 17.5. The molecule has 0 radical (unpaired) electrons. The molecule has 0 bridgehead atoms. The van der Waals surface area contributed by atoms with Gasteiger partial charge in [-0.15, -0.1) is 0 Å². The van der Waals surface area contributed by atoms with Crippen molar-refractivity contribution in [3.8, 4) is 0 Å². The van der Waals surface area contributed by atoms with Gasteiger partial charge in [-0.3, -0.25) is 0 Å². The minimum Gasteiger partial charge on any atom is -0.452 e. The van der Waals surface area contributed by atoms with Crippen molar-refractivity contribution in [1.82, 2.24) is 0 Å². The van der Waals surface area contributed by atoms with E-state index < -0.39 is 42.5 Å². The van der Waals surface area contributed by atoms with Gasteiger partial charge in [-0.05, 0) is 19.4 Å². The van der Waals surface area contributed by atoms with Crippen LogP contribution in [0.5, 0.6) is 0 Å². The number of hydrogen-bond acceptors (Lipinski definition) is 3. The lowest BCUT2D eigenvalue weighted by atomic mass is 9.85. The van der Waals surface area contributed by atoms with Crippen LogP contribution >= 0.6 is 0 Å². The highest BCUT2D eigenvalue weighted by atomic mass is 19.4. The topological polar surface area (TPSA) is 47.6 Å². The Morgan fingerprint density at radius 3 is 2.48 bits per heavy atom. The van der Waals surface area contributed by atoms with Crippen molar-refractivity contribution < 1.29 is 22.3 Å². The fourth-order valence-electron chi connectivity index (χ4n) is 2.29. The molecule has 0 saturated carbocycles. The normalized spacial score (nSPS) is 29.3. The van der Waals surface area contributed by atoms with Crippen LogP contribution in [0.3, 0.4) is 0 Å². The average molecular weight is 308 g/mol. The number of aliphatic imine (C=N–C) groups is 1. The second-order valence-electron chi connectivity index (χ2n) is 4.79. The van der Waals surface area contributed by atoms with Crippen LogP contribution in [0.25, 0.3) is 0 Å². The van der Waals surface area contributed by atoms with Gasteiger partial charge in [0.05, 0.1) is 6.04 Å². The molecule has 0 aromatic rings. The summed E-state index contributed by atoms with van der Waals surface area (Å²) in [4.78, 5) is 3.82. The van der Waals surface area contributed by atoms with Gasteiger partial charge in [-0.1, -0.05) is 25.5 Å². The summed E-state index contributed by atoms with van der Waals surface area (Å²) >= 11 is 0. The van der Waals surface area contributed by atoms with Crippen LogP contribution in [0.2, 0.25) is 0 Å². The number of amidine groups is 1. The molecule has 0 aromatic heterocycles. The lowest BCUT2D eigenvalue weighted by Crippen LogP contribution is -2.44. The van der Waals surface area contributed by atoms with E-state index in [-0.39, 0.29) is 0 Å². The molecule has 0 spiro atoms. The van der Waals surface area contributed by atoms with Gasteiger partial charge >= 0.3 is 6.18 Å². The Morgan fingerprint density at radius 2 is 1.90 bits per heavy atom. The Labute approximate surface area is 121 Å². The van der Waals surface area contributed by atoms with E-state index in [0.29, 0.717) is 6.42 Å². The minimum atomic E-state index is -4.53. The SMILES string of the molecule is CC.CC1=CC=C(F)C(C2CC(C(F)(F)F)OC(N)=N2)C1. The number of ether oxygens (including phenoxy) is 1. The molecule has 0 fully saturated rings. The molecule has 3 atom stereocenters. The maximum absolute atomic E-state index is 13.7. The number of nitrogens with two attached hydrogens (primary N) is 1. The standard InChI is InChI=1S/C12H14F4N2O.C2H6/c1-6-2-3-8(13)7(4-6)9-5-10(12(14,15)16)19-11(17)18-9;1-2/h2-3,7,9-10H,4-5H2,1H3,(H2,17,18);1-2H3. The van der Waals surface area contributed by atoms with E-state index >= 15 is 0 Å². The van der Waals surface area contributed by atoms with Crippen LogP contribution in [-0.4, -0.2) is 24.3 Å². The van der Waals surface area contributed by atoms with E-state index in [4.69, 9.17) is 5.73 Å². The predicted octanol–water partition coefficient (Wildman–Crippen LogP) is 3.87. The Hall–Kier alpha value is -1.53. The number of rotatable bonds is 1. The monoisotopic (exact) mass is 308 g/mol. The van der Waals surface area contributed by atoms with Gasteiger partial charge in [0.2, 0.25) is 0 Å². The molecule has 0 amide bonds. The highest BCUT2D eigenvalue weighted by molar-refractivity contribution is 5.72. The van der Waals surface area contributed by atoms with E-state index in [1.165, 1.54) is 6.08 Å². The number of nitrogens with zero attached hydrogens (tertiary/aromatic N) is 1. The molecule has 1 aliphatic heterocycles. The Bertz CT molecular complexity index is 454. The number of alkyl halides is 3. The Balaban J connectivity index is 0.00000106. The van der Waals surface area contributed by atoms with Crippen LogP contribution in [0.1, 0.15) is 33.6 Å². The summed E-state index contributed by atoms with van der Waals surface area (Å²) in [5, 5.41) is 0. The predicted molar refractivity (Wildman–Crippen MR) is 73.4 cm³/mol. The van der Waals surface area contributed by atoms with E-state index in [2.05, 4.69) is 9.73 Å². The van der Waals surface area contributed by atoms with Crippen LogP contribution < -0.4 is 5.73 Å². The summed E-state index contributed by atoms with van der Waals surface area (Å²) in [6.45, 7) is 5.80. The lowest BCUT2D eigenvalue weighted by molar-refractivity contribution is -0.205. The summed E-state index contributed by atoms with van der Waals surface area (Å²) in [6.07, 6.45) is -3.74. The highest BCUT2D eigenvalue weighted by Crippen LogP contribution is 2.37. The van der Waals surface area contributed by atoms with Crippen molar-refractivity contribution in [1.29, 1.82) is 0 Å². The zero-order valence-corrected chi connectivity index (χ0v) is 12.2. The van der Waals surface area contributed by atoms with Crippen molar-refractivity contribution >= 4 is 6.02 Å². The molecule has 3 unspecified atom stereocenters. The van der Waals surface area contributed by atoms with Gasteiger partial charge in [0, 0.05) is 12.3 Å². The summed E-state index contributed by atoms with van der Waals surface area (Å²) in [6, 6.07) is -1.38. The molecule has 3 nitrogen and oxygen atoms in total. The van der Waals surface area contributed by atoms with Crippen LogP contribution in [0.15, 0.2) is 28.5 Å². The molecule has 1 aliphatic carbocycles. The number of allylic oxidation sites excluding steroid dienone is 3. The van der Waals surface area contributed by atoms with Gasteiger partial charge < -0.3 is 10.5 Å². The first-order valence-corrected chi connectivity index (χ1v) is 6.87. The Kier molecular flexibility index (Phi) is 5.80. The maximum atomic E-state index is 13.7. The smallest absolute Gasteiger partial charge is 0.425 e. The zero-order valence-electron chi connectivity index (χ0n) is 12.2. The van der Waals surface area contributed by atoms with Crippen molar-refractivity contribution in [3.63, 3.8) is 0 Å². The summed E-state index contributed by atoms with van der Waals surface area (Å²) in [5.41, 5.74) is 6.17. The van der Waals surface area contributed by atoms with Gasteiger partial charge in [-0.2, -0.15) is 13.2 Å². The van der Waals surface area contributed by atoms with Crippen LogP contribution in [0, 0.1) is 5.92 Å². The first-order valence-electron chi connectivity index (χ1n) is 6.87. The van der Waals surface area contributed by atoms with E-state index in [9.17, 15) is 17.6 Å². The molecular formula is C14H20F4N2O. The second kappa shape index (κ2) is 6.95. The molecule has 1 heterocycles.